The minimum Gasteiger partial charge on any atom is -0.472 e. The second-order valence-corrected chi connectivity index (χ2v) is 10.2. The van der Waals surface area contributed by atoms with Crippen molar-refractivity contribution in [2.75, 3.05) is 37.0 Å². The van der Waals surface area contributed by atoms with Gasteiger partial charge in [0.05, 0.1) is 0 Å². The molecule has 2 aliphatic heterocycles. The molecule has 36 heavy (non-hydrogen) atoms. The highest BCUT2D eigenvalue weighted by Gasteiger charge is 2.38. The Morgan fingerprint density at radius 1 is 0.861 bits per heavy atom. The van der Waals surface area contributed by atoms with Crippen LogP contribution in [0.4, 0.5) is 11.4 Å². The van der Waals surface area contributed by atoms with E-state index in [1.807, 2.05) is 0 Å². The van der Waals surface area contributed by atoms with Crippen LogP contribution in [0.1, 0.15) is 42.0 Å². The van der Waals surface area contributed by atoms with Gasteiger partial charge in [-0.1, -0.05) is 67.6 Å². The first-order valence-electron chi connectivity index (χ1n) is 13.2. The van der Waals surface area contributed by atoms with Crippen LogP contribution in [0.25, 0.3) is 16.8 Å². The Morgan fingerprint density at radius 2 is 1.58 bits per heavy atom. The zero-order valence-corrected chi connectivity index (χ0v) is 21.5. The largest absolute Gasteiger partial charge is 0.472 e. The van der Waals surface area contributed by atoms with Crippen LogP contribution in [0.3, 0.4) is 0 Å². The van der Waals surface area contributed by atoms with Crippen LogP contribution in [-0.2, 0) is 12.0 Å². The van der Waals surface area contributed by atoms with Crippen LogP contribution < -0.4 is 14.5 Å². The standard InChI is InChI=1S/C33H34N2O/c1-4-24-22-25-12-15-29(34(2)3)23-31(25)32-30(24)18-19-33(36-32,26-10-6-5-7-11-26)27-13-16-28(17-14-27)35-20-8-9-21-35/h5-7,10-19,22-23H,4,8-9,20-21H2,1-3H3. The van der Waals surface area contributed by atoms with Crippen molar-refractivity contribution in [3.05, 3.63) is 107 Å². The van der Waals surface area contributed by atoms with Crippen LogP contribution in [0, 0.1) is 0 Å². The van der Waals surface area contributed by atoms with Crippen LogP contribution in [-0.4, -0.2) is 27.2 Å². The molecule has 4 aromatic rings. The van der Waals surface area contributed by atoms with E-state index < -0.39 is 5.60 Å². The lowest BCUT2D eigenvalue weighted by molar-refractivity contribution is 0.163. The molecule has 3 nitrogen and oxygen atoms in total. The highest BCUT2D eigenvalue weighted by atomic mass is 16.5. The first-order valence-corrected chi connectivity index (χ1v) is 13.2. The van der Waals surface area contributed by atoms with Crippen molar-refractivity contribution >= 4 is 28.2 Å². The van der Waals surface area contributed by atoms with E-state index in [1.165, 1.54) is 40.7 Å². The van der Waals surface area contributed by atoms with E-state index >= 15 is 0 Å². The molecular formula is C33H34N2O. The Kier molecular flexibility index (Phi) is 5.72. The molecule has 2 aliphatic rings. The summed E-state index contributed by atoms with van der Waals surface area (Å²) in [6.45, 7) is 4.51. The van der Waals surface area contributed by atoms with Gasteiger partial charge < -0.3 is 14.5 Å². The van der Waals surface area contributed by atoms with Gasteiger partial charge in [-0.15, -0.1) is 0 Å². The van der Waals surface area contributed by atoms with Gasteiger partial charge in [-0.3, -0.25) is 0 Å². The maximum Gasteiger partial charge on any atom is 0.178 e. The minimum atomic E-state index is -0.689. The fourth-order valence-electron chi connectivity index (χ4n) is 5.74. The van der Waals surface area contributed by atoms with Crippen LogP contribution in [0.5, 0.6) is 5.75 Å². The Bertz CT molecular complexity index is 1420. The van der Waals surface area contributed by atoms with E-state index in [-0.39, 0.29) is 0 Å². The molecule has 0 amide bonds. The van der Waals surface area contributed by atoms with Crippen molar-refractivity contribution < 1.29 is 4.74 Å². The lowest BCUT2D eigenvalue weighted by Gasteiger charge is -2.37. The zero-order valence-electron chi connectivity index (χ0n) is 21.5. The fraction of sp³-hybridized carbons (Fsp3) is 0.273. The van der Waals surface area contributed by atoms with Gasteiger partial charge in [0.15, 0.2) is 5.60 Å². The Hall–Kier alpha value is -3.72. The van der Waals surface area contributed by atoms with E-state index in [9.17, 15) is 0 Å². The zero-order chi connectivity index (χ0) is 24.7. The summed E-state index contributed by atoms with van der Waals surface area (Å²) in [5.41, 5.74) is 6.59. The van der Waals surface area contributed by atoms with Crippen molar-refractivity contribution in [3.63, 3.8) is 0 Å². The molecule has 1 saturated heterocycles. The number of benzene rings is 4. The average Bonchev–Trinajstić information content (AvgIpc) is 3.48. The summed E-state index contributed by atoms with van der Waals surface area (Å²) in [5, 5.41) is 2.38. The highest BCUT2D eigenvalue weighted by Crippen LogP contribution is 2.47. The maximum atomic E-state index is 7.23. The predicted molar refractivity (Wildman–Crippen MR) is 152 cm³/mol. The molecule has 2 heterocycles. The van der Waals surface area contributed by atoms with Gasteiger partial charge in [0, 0.05) is 60.6 Å². The Balaban J connectivity index is 1.54. The lowest BCUT2D eigenvalue weighted by Crippen LogP contribution is -2.34. The number of nitrogens with zero attached hydrogens (tertiary/aromatic N) is 2. The summed E-state index contributed by atoms with van der Waals surface area (Å²) < 4.78 is 7.23. The topological polar surface area (TPSA) is 15.7 Å². The Labute approximate surface area is 214 Å². The third kappa shape index (κ3) is 3.74. The second kappa shape index (κ2) is 9.05. The molecule has 1 fully saturated rings. The van der Waals surface area contributed by atoms with Crippen LogP contribution >= 0.6 is 0 Å². The molecular weight excluding hydrogens is 440 g/mol. The average molecular weight is 475 g/mol. The molecule has 4 aromatic carbocycles. The second-order valence-electron chi connectivity index (χ2n) is 10.2. The molecule has 1 unspecified atom stereocenters. The summed E-state index contributed by atoms with van der Waals surface area (Å²) in [5.74, 6) is 0.975. The van der Waals surface area contributed by atoms with Gasteiger partial charge in [-0.05, 0) is 60.6 Å². The van der Waals surface area contributed by atoms with E-state index in [0.29, 0.717) is 0 Å². The number of anilines is 2. The molecule has 0 aliphatic carbocycles. The highest BCUT2D eigenvalue weighted by molar-refractivity contribution is 5.96. The first kappa shape index (κ1) is 22.7. The SMILES string of the molecule is CCc1cc2ccc(N(C)C)cc2c2c1C=CC(c1ccccc1)(c1ccc(N3CCCC3)cc1)O2. The number of ether oxygens (including phenoxy) is 1. The number of aryl methyl sites for hydroxylation is 1. The number of fused-ring (bicyclic) bond motifs is 3. The quantitative estimate of drug-likeness (QED) is 0.299. The molecule has 0 saturated carbocycles. The number of rotatable bonds is 5. The van der Waals surface area contributed by atoms with Gasteiger partial charge in [0.25, 0.3) is 0 Å². The van der Waals surface area contributed by atoms with Crippen molar-refractivity contribution in [2.24, 2.45) is 0 Å². The van der Waals surface area contributed by atoms with Crippen molar-refractivity contribution in [2.45, 2.75) is 31.8 Å². The molecule has 3 heteroatoms. The normalized spacial score (nSPS) is 18.8. The molecule has 0 spiro atoms. The van der Waals surface area contributed by atoms with Gasteiger partial charge >= 0.3 is 0 Å². The van der Waals surface area contributed by atoms with Gasteiger partial charge in [0.2, 0.25) is 0 Å². The smallest absolute Gasteiger partial charge is 0.178 e. The maximum absolute atomic E-state index is 7.23. The van der Waals surface area contributed by atoms with Gasteiger partial charge in [0.1, 0.15) is 5.75 Å². The van der Waals surface area contributed by atoms with Crippen molar-refractivity contribution in [1.29, 1.82) is 0 Å². The molecule has 0 bridgehead atoms. The van der Waals surface area contributed by atoms with Crippen LogP contribution in [0.15, 0.2) is 84.9 Å². The van der Waals surface area contributed by atoms with E-state index in [4.69, 9.17) is 4.74 Å². The molecule has 182 valence electrons. The predicted octanol–water partition coefficient (Wildman–Crippen LogP) is 7.42. The fourth-order valence-corrected chi connectivity index (χ4v) is 5.74. The molecule has 0 N–H and O–H groups in total. The summed E-state index contributed by atoms with van der Waals surface area (Å²) in [4.78, 5) is 4.63. The third-order valence-electron chi connectivity index (χ3n) is 7.82. The van der Waals surface area contributed by atoms with Gasteiger partial charge in [-0.25, -0.2) is 0 Å². The minimum absolute atomic E-state index is 0.689. The first-order chi connectivity index (χ1) is 17.6. The summed E-state index contributed by atoms with van der Waals surface area (Å²) in [6.07, 6.45) is 8.07. The molecule has 1 atom stereocenters. The van der Waals surface area contributed by atoms with Crippen molar-refractivity contribution in [1.82, 2.24) is 0 Å². The van der Waals surface area contributed by atoms with E-state index in [2.05, 4.69) is 122 Å². The number of hydrogen-bond donors (Lipinski definition) is 0. The summed E-state index contributed by atoms with van der Waals surface area (Å²) >= 11 is 0. The summed E-state index contributed by atoms with van der Waals surface area (Å²) in [7, 11) is 4.18. The lowest BCUT2D eigenvalue weighted by atomic mass is 9.82. The monoisotopic (exact) mass is 474 g/mol. The van der Waals surface area contributed by atoms with Gasteiger partial charge in [-0.2, -0.15) is 0 Å². The van der Waals surface area contributed by atoms with Crippen LogP contribution in [0.2, 0.25) is 0 Å². The van der Waals surface area contributed by atoms with Crippen molar-refractivity contribution in [3.8, 4) is 5.75 Å². The summed E-state index contributed by atoms with van der Waals surface area (Å²) in [6, 6.07) is 28.7. The Morgan fingerprint density at radius 3 is 2.28 bits per heavy atom. The molecule has 6 rings (SSSR count). The third-order valence-corrected chi connectivity index (χ3v) is 7.82. The molecule has 0 aromatic heterocycles. The molecule has 0 radical (unpaired) electrons. The van der Waals surface area contributed by atoms with E-state index in [0.717, 1.165) is 41.8 Å². The van der Waals surface area contributed by atoms with E-state index in [1.54, 1.807) is 0 Å². The number of hydrogen-bond acceptors (Lipinski definition) is 3.